The van der Waals surface area contributed by atoms with Gasteiger partial charge in [-0.1, -0.05) is 0 Å². The minimum Gasteiger partial charge on any atom is -0.465 e. The second kappa shape index (κ2) is 8.80. The molecular weight excluding hydrogens is 411 g/mol. The molecule has 1 aliphatic carbocycles. The molecule has 0 radical (unpaired) electrons. The number of anilines is 1. The largest absolute Gasteiger partial charge is 0.465 e. The first-order valence-electron chi connectivity index (χ1n) is 9.01. The standard InChI is InChI=1S/C17H20F3N5O3S/c18-17(19,20)3-5-25(16(27)28)11-2-1-10(7-11)12-8-13(24-23-12)22-14(26)9-15-21-4-6-29-15/h4,6,8,10-11H,1-3,5,7,9H2,(H,27,28)(H2,22,23,24,26)/t10-,11+/m0/s1. The quantitative estimate of drug-likeness (QED) is 0.620. The van der Waals surface area contributed by atoms with Gasteiger partial charge in [0.25, 0.3) is 0 Å². The van der Waals surface area contributed by atoms with Gasteiger partial charge >= 0.3 is 12.3 Å². The van der Waals surface area contributed by atoms with Gasteiger partial charge in [0.2, 0.25) is 5.91 Å². The van der Waals surface area contributed by atoms with Crippen LogP contribution in [0.2, 0.25) is 0 Å². The summed E-state index contributed by atoms with van der Waals surface area (Å²) in [5, 5.41) is 21.3. The first-order valence-corrected chi connectivity index (χ1v) is 9.89. The number of carboxylic acid groups (broad SMARTS) is 1. The van der Waals surface area contributed by atoms with Gasteiger partial charge < -0.3 is 15.3 Å². The molecule has 158 valence electrons. The number of aromatic nitrogens is 3. The number of amides is 2. The van der Waals surface area contributed by atoms with Crippen LogP contribution in [0.5, 0.6) is 0 Å². The Kier molecular flexibility index (Phi) is 6.40. The molecule has 0 saturated heterocycles. The highest BCUT2D eigenvalue weighted by atomic mass is 32.1. The highest BCUT2D eigenvalue weighted by Gasteiger charge is 2.36. The molecule has 8 nitrogen and oxygen atoms in total. The second-order valence-corrected chi connectivity index (χ2v) is 7.84. The van der Waals surface area contributed by atoms with Gasteiger partial charge in [0.05, 0.1) is 12.8 Å². The number of thiazole rings is 1. The predicted octanol–water partition coefficient (Wildman–Crippen LogP) is 3.62. The minimum atomic E-state index is -4.40. The van der Waals surface area contributed by atoms with Crippen LogP contribution >= 0.6 is 11.3 Å². The van der Waals surface area contributed by atoms with Crippen LogP contribution in [0.4, 0.5) is 23.8 Å². The van der Waals surface area contributed by atoms with Crippen molar-refractivity contribution in [1.29, 1.82) is 0 Å². The Bertz CT molecular complexity index is 840. The Balaban J connectivity index is 1.55. The third-order valence-corrected chi connectivity index (χ3v) is 5.61. The van der Waals surface area contributed by atoms with E-state index in [-0.39, 0.29) is 18.2 Å². The molecule has 2 aromatic heterocycles. The lowest BCUT2D eigenvalue weighted by molar-refractivity contribution is -0.137. The lowest BCUT2D eigenvalue weighted by Gasteiger charge is -2.26. The zero-order valence-corrected chi connectivity index (χ0v) is 16.1. The Morgan fingerprint density at radius 3 is 2.83 bits per heavy atom. The lowest BCUT2D eigenvalue weighted by Crippen LogP contribution is -2.40. The fourth-order valence-electron chi connectivity index (χ4n) is 3.48. The summed E-state index contributed by atoms with van der Waals surface area (Å²) in [6.07, 6.45) is -3.67. The maximum absolute atomic E-state index is 12.5. The van der Waals surface area contributed by atoms with E-state index in [1.165, 1.54) is 11.3 Å². The Morgan fingerprint density at radius 2 is 2.17 bits per heavy atom. The molecule has 2 heterocycles. The summed E-state index contributed by atoms with van der Waals surface area (Å²) in [5.41, 5.74) is 0.721. The summed E-state index contributed by atoms with van der Waals surface area (Å²) in [4.78, 5) is 28.3. The van der Waals surface area contributed by atoms with Crippen LogP contribution in [-0.2, 0) is 11.2 Å². The molecule has 3 N–H and O–H groups in total. The third-order valence-electron chi connectivity index (χ3n) is 4.83. The van der Waals surface area contributed by atoms with Crippen molar-refractivity contribution in [1.82, 2.24) is 20.1 Å². The molecule has 2 amide bonds. The van der Waals surface area contributed by atoms with Crippen LogP contribution in [0.25, 0.3) is 0 Å². The van der Waals surface area contributed by atoms with Gasteiger partial charge in [-0.3, -0.25) is 9.89 Å². The number of nitrogens with one attached hydrogen (secondary N) is 2. The predicted molar refractivity (Wildman–Crippen MR) is 98.8 cm³/mol. The zero-order chi connectivity index (χ0) is 21.0. The van der Waals surface area contributed by atoms with Crippen LogP contribution in [0, 0.1) is 0 Å². The molecule has 2 aromatic rings. The van der Waals surface area contributed by atoms with E-state index in [2.05, 4.69) is 20.5 Å². The van der Waals surface area contributed by atoms with E-state index in [9.17, 15) is 27.9 Å². The monoisotopic (exact) mass is 431 g/mol. The van der Waals surface area contributed by atoms with Crippen LogP contribution in [0.15, 0.2) is 17.6 Å². The summed E-state index contributed by atoms with van der Waals surface area (Å²) in [7, 11) is 0. The van der Waals surface area contributed by atoms with Gasteiger partial charge in [0.15, 0.2) is 5.82 Å². The number of carbonyl (C=O) groups excluding carboxylic acids is 1. The summed E-state index contributed by atoms with van der Waals surface area (Å²) >= 11 is 1.37. The average molecular weight is 431 g/mol. The SMILES string of the molecule is O=C(Cc1nccs1)Nc1cc([C@H]2CC[C@@H](N(CCC(F)(F)F)C(=O)O)C2)[nH]n1. The smallest absolute Gasteiger partial charge is 0.407 e. The van der Waals surface area contributed by atoms with Crippen LogP contribution in [0.3, 0.4) is 0 Å². The number of alkyl halides is 3. The maximum Gasteiger partial charge on any atom is 0.407 e. The van der Waals surface area contributed by atoms with Gasteiger partial charge in [0, 0.05) is 41.8 Å². The number of rotatable bonds is 7. The summed E-state index contributed by atoms with van der Waals surface area (Å²) in [6.45, 7) is -0.572. The number of halogens is 3. The molecule has 29 heavy (non-hydrogen) atoms. The van der Waals surface area contributed by atoms with E-state index in [0.717, 1.165) is 10.6 Å². The Hall–Kier alpha value is -2.63. The summed E-state index contributed by atoms with van der Waals surface area (Å²) < 4.78 is 37.4. The maximum atomic E-state index is 12.5. The number of hydrogen-bond donors (Lipinski definition) is 3. The number of aromatic amines is 1. The topological polar surface area (TPSA) is 111 Å². The van der Waals surface area contributed by atoms with Gasteiger partial charge in [-0.2, -0.15) is 18.3 Å². The molecule has 2 atom stereocenters. The van der Waals surface area contributed by atoms with Crippen molar-refractivity contribution in [2.45, 2.75) is 50.2 Å². The van der Waals surface area contributed by atoms with Gasteiger partial charge in [0.1, 0.15) is 5.01 Å². The molecule has 0 bridgehead atoms. The fourth-order valence-corrected chi connectivity index (χ4v) is 4.09. The number of hydrogen-bond acceptors (Lipinski definition) is 5. The van der Waals surface area contributed by atoms with Crippen molar-refractivity contribution >= 4 is 29.2 Å². The van der Waals surface area contributed by atoms with E-state index in [4.69, 9.17) is 0 Å². The molecule has 1 fully saturated rings. The van der Waals surface area contributed by atoms with Crippen molar-refractivity contribution in [2.75, 3.05) is 11.9 Å². The van der Waals surface area contributed by atoms with Crippen molar-refractivity contribution in [3.8, 4) is 0 Å². The van der Waals surface area contributed by atoms with Crippen molar-refractivity contribution in [2.24, 2.45) is 0 Å². The van der Waals surface area contributed by atoms with Crippen molar-refractivity contribution in [3.05, 3.63) is 28.3 Å². The van der Waals surface area contributed by atoms with Gasteiger partial charge in [-0.05, 0) is 19.3 Å². The average Bonchev–Trinajstić information content (AvgIpc) is 3.35. The van der Waals surface area contributed by atoms with Crippen LogP contribution in [-0.4, -0.2) is 56.0 Å². The van der Waals surface area contributed by atoms with E-state index < -0.39 is 31.3 Å². The Labute approximate surface area is 168 Å². The lowest BCUT2D eigenvalue weighted by atomic mass is 10.0. The molecule has 0 unspecified atom stereocenters. The molecule has 3 rings (SSSR count). The summed E-state index contributed by atoms with van der Waals surface area (Å²) in [5.74, 6) is 0.0218. The molecular formula is C17H20F3N5O3S. The number of nitrogens with zero attached hydrogens (tertiary/aromatic N) is 3. The van der Waals surface area contributed by atoms with Crippen molar-refractivity contribution < 1.29 is 27.9 Å². The van der Waals surface area contributed by atoms with Gasteiger partial charge in [-0.15, -0.1) is 11.3 Å². The van der Waals surface area contributed by atoms with Gasteiger partial charge in [-0.25, -0.2) is 9.78 Å². The molecule has 1 saturated carbocycles. The van der Waals surface area contributed by atoms with Crippen LogP contribution in [0.1, 0.15) is 42.3 Å². The molecule has 0 aliphatic heterocycles. The highest BCUT2D eigenvalue weighted by molar-refractivity contribution is 7.09. The molecule has 1 aliphatic rings. The molecule has 12 heteroatoms. The van der Waals surface area contributed by atoms with E-state index in [1.807, 2.05) is 0 Å². The van der Waals surface area contributed by atoms with Crippen LogP contribution < -0.4 is 5.32 Å². The van der Waals surface area contributed by atoms with E-state index >= 15 is 0 Å². The zero-order valence-electron chi connectivity index (χ0n) is 15.3. The summed E-state index contributed by atoms with van der Waals surface area (Å²) in [6, 6.07) is 1.19. The first kappa shape index (κ1) is 21.1. The third kappa shape index (κ3) is 5.92. The molecule has 0 aromatic carbocycles. The Morgan fingerprint density at radius 1 is 1.38 bits per heavy atom. The van der Waals surface area contributed by atoms with E-state index in [1.54, 1.807) is 17.6 Å². The minimum absolute atomic E-state index is 0.0650. The number of carbonyl (C=O) groups is 2. The normalized spacial score (nSPS) is 19.3. The second-order valence-electron chi connectivity index (χ2n) is 6.86. The number of H-pyrrole nitrogens is 1. The van der Waals surface area contributed by atoms with E-state index in [0.29, 0.717) is 30.1 Å². The fraction of sp³-hybridized carbons (Fsp3) is 0.529. The molecule has 0 spiro atoms. The first-order chi connectivity index (χ1) is 13.7. The highest BCUT2D eigenvalue weighted by Crippen LogP contribution is 2.37. The van der Waals surface area contributed by atoms with Crippen molar-refractivity contribution in [3.63, 3.8) is 0 Å².